The Labute approximate surface area is 121 Å². The first-order valence-electron chi connectivity index (χ1n) is 6.11. The van der Waals surface area contributed by atoms with Gasteiger partial charge in [0.2, 0.25) is 5.52 Å². The van der Waals surface area contributed by atoms with E-state index in [1.807, 2.05) is 11.3 Å². The normalized spacial score (nSPS) is 11.1. The average Bonchev–Trinajstić information content (AvgIpc) is 2.75. The van der Waals surface area contributed by atoms with E-state index in [9.17, 15) is 0 Å². The van der Waals surface area contributed by atoms with Gasteiger partial charge < -0.3 is 0 Å². The van der Waals surface area contributed by atoms with Crippen molar-refractivity contribution in [3.05, 3.63) is 42.7 Å². The Morgan fingerprint density at radius 1 is 1.11 bits per heavy atom. The van der Waals surface area contributed by atoms with E-state index in [-0.39, 0.29) is 0 Å². The smallest absolute Gasteiger partial charge is 0.207 e. The molecule has 0 unspecified atom stereocenters. The Morgan fingerprint density at radius 3 is 2.68 bits per heavy atom. The molecule has 0 saturated heterocycles. The molecule has 0 fully saturated rings. The molecule has 0 bridgehead atoms. The lowest BCUT2D eigenvalue weighted by Crippen LogP contribution is -2.27. The van der Waals surface area contributed by atoms with Crippen LogP contribution < -0.4 is 9.13 Å². The quantitative estimate of drug-likeness (QED) is 0.520. The van der Waals surface area contributed by atoms with Gasteiger partial charge in [0.15, 0.2) is 12.4 Å². The highest BCUT2D eigenvalue weighted by Crippen LogP contribution is 2.29. The minimum Gasteiger partial charge on any atom is -0.207 e. The van der Waals surface area contributed by atoms with Gasteiger partial charge in [-0.1, -0.05) is 11.3 Å². The minimum absolute atomic E-state index is 1.26. The summed E-state index contributed by atoms with van der Waals surface area (Å²) in [6.07, 6.45) is 6.34. The number of rotatable bonds is 2. The highest BCUT2D eigenvalue weighted by atomic mass is 32.2. The van der Waals surface area contributed by atoms with E-state index in [1.54, 1.807) is 11.8 Å². The molecule has 2 nitrogen and oxygen atoms in total. The van der Waals surface area contributed by atoms with Gasteiger partial charge in [0, 0.05) is 17.7 Å². The molecular formula is C15H16N2S2+2. The van der Waals surface area contributed by atoms with E-state index in [4.69, 9.17) is 0 Å². The summed E-state index contributed by atoms with van der Waals surface area (Å²) < 4.78 is 7.03. The summed E-state index contributed by atoms with van der Waals surface area (Å²) in [5.41, 5.74) is 3.84. The molecule has 0 aliphatic carbocycles. The van der Waals surface area contributed by atoms with E-state index in [0.29, 0.717) is 0 Å². The van der Waals surface area contributed by atoms with Crippen molar-refractivity contribution in [2.24, 2.45) is 14.1 Å². The summed E-state index contributed by atoms with van der Waals surface area (Å²) in [6.45, 7) is 0. The third-order valence-corrected chi connectivity index (χ3v) is 5.61. The molecule has 1 aromatic carbocycles. The maximum Gasteiger partial charge on any atom is 0.297 e. The van der Waals surface area contributed by atoms with Crippen molar-refractivity contribution < 1.29 is 9.13 Å². The van der Waals surface area contributed by atoms with Crippen LogP contribution in [0.5, 0.6) is 0 Å². The minimum atomic E-state index is 1.26. The van der Waals surface area contributed by atoms with E-state index >= 15 is 0 Å². The molecule has 4 heteroatoms. The van der Waals surface area contributed by atoms with Gasteiger partial charge in [-0.25, -0.2) is 4.57 Å². The Morgan fingerprint density at radius 2 is 1.95 bits per heavy atom. The van der Waals surface area contributed by atoms with Gasteiger partial charge in [-0.2, -0.15) is 4.57 Å². The summed E-state index contributed by atoms with van der Waals surface area (Å²) in [5, 5.41) is 0. The Hall–Kier alpha value is -1.39. The first-order chi connectivity index (χ1) is 9.19. The number of benzene rings is 1. The van der Waals surface area contributed by atoms with Gasteiger partial charge in [-0.15, -0.1) is 0 Å². The maximum absolute atomic E-state index is 2.29. The van der Waals surface area contributed by atoms with Crippen LogP contribution >= 0.6 is 23.1 Å². The van der Waals surface area contributed by atoms with Crippen LogP contribution in [-0.4, -0.2) is 6.26 Å². The summed E-state index contributed by atoms with van der Waals surface area (Å²) >= 11 is 3.66. The molecule has 2 heterocycles. The van der Waals surface area contributed by atoms with E-state index < -0.39 is 0 Å². The maximum atomic E-state index is 2.29. The molecular weight excluding hydrogens is 272 g/mol. The van der Waals surface area contributed by atoms with Crippen molar-refractivity contribution in [3.63, 3.8) is 0 Å². The van der Waals surface area contributed by atoms with Crippen LogP contribution in [0.25, 0.3) is 21.3 Å². The summed E-state index contributed by atoms with van der Waals surface area (Å²) in [7, 11) is 4.19. The van der Waals surface area contributed by atoms with Gasteiger partial charge in [0.25, 0.3) is 4.34 Å². The predicted octanol–water partition coefficient (Wildman–Crippen LogP) is 2.94. The fraction of sp³-hybridized carbons (Fsp3) is 0.200. The molecule has 96 valence electrons. The van der Waals surface area contributed by atoms with Gasteiger partial charge in [-0.05, 0) is 41.8 Å². The highest BCUT2D eigenvalue weighted by Gasteiger charge is 2.16. The van der Waals surface area contributed by atoms with Crippen LogP contribution in [-0.2, 0) is 14.1 Å². The standard InChI is InChI=1S/C15H16N2S2/c1-16-8-4-5-12(10-16)11-6-7-13-14(9-11)19-15(18-3)17(13)2/h4-10H,1-3H3/q+2. The molecule has 0 radical (unpaired) electrons. The van der Waals surface area contributed by atoms with Crippen molar-refractivity contribution >= 4 is 33.3 Å². The summed E-state index contributed by atoms with van der Waals surface area (Å²) in [5.74, 6) is 0. The number of nitrogens with zero attached hydrogens (tertiary/aromatic N) is 2. The summed E-state index contributed by atoms with van der Waals surface area (Å²) in [6, 6.07) is 10.9. The third-order valence-electron chi connectivity index (χ3n) is 3.24. The van der Waals surface area contributed by atoms with Crippen molar-refractivity contribution in [1.29, 1.82) is 0 Å². The molecule has 2 aromatic heterocycles. The number of thiazole rings is 1. The van der Waals surface area contributed by atoms with E-state index in [2.05, 4.69) is 72.2 Å². The lowest BCUT2D eigenvalue weighted by atomic mass is 10.1. The molecule has 0 atom stereocenters. The van der Waals surface area contributed by atoms with Crippen molar-refractivity contribution in [3.8, 4) is 11.1 Å². The van der Waals surface area contributed by atoms with Crippen molar-refractivity contribution in [1.82, 2.24) is 0 Å². The van der Waals surface area contributed by atoms with Crippen LogP contribution in [0.4, 0.5) is 0 Å². The third kappa shape index (κ3) is 2.26. The average molecular weight is 288 g/mol. The van der Waals surface area contributed by atoms with E-state index in [0.717, 1.165) is 0 Å². The van der Waals surface area contributed by atoms with Crippen LogP contribution in [0.2, 0.25) is 0 Å². The molecule has 3 rings (SSSR count). The Balaban J connectivity index is 2.16. The molecule has 3 aromatic rings. The molecule has 0 aliphatic rings. The number of hydrogen-bond acceptors (Lipinski definition) is 2. The van der Waals surface area contributed by atoms with Gasteiger partial charge in [-0.3, -0.25) is 0 Å². The van der Waals surface area contributed by atoms with Crippen molar-refractivity contribution in [2.45, 2.75) is 4.34 Å². The molecule has 0 saturated carbocycles. The second kappa shape index (κ2) is 4.94. The van der Waals surface area contributed by atoms with Crippen molar-refractivity contribution in [2.75, 3.05) is 6.26 Å². The highest BCUT2D eigenvalue weighted by molar-refractivity contribution is 8.00. The molecule has 0 N–H and O–H groups in total. The van der Waals surface area contributed by atoms with Crippen LogP contribution in [0.1, 0.15) is 0 Å². The second-order valence-electron chi connectivity index (χ2n) is 4.57. The zero-order valence-electron chi connectivity index (χ0n) is 11.3. The number of aryl methyl sites for hydroxylation is 2. The predicted molar refractivity (Wildman–Crippen MR) is 81.4 cm³/mol. The fourth-order valence-corrected chi connectivity index (χ4v) is 4.14. The van der Waals surface area contributed by atoms with Gasteiger partial charge >= 0.3 is 0 Å². The number of fused-ring (bicyclic) bond motifs is 1. The van der Waals surface area contributed by atoms with Gasteiger partial charge in [0.1, 0.15) is 18.8 Å². The first-order valence-corrected chi connectivity index (χ1v) is 8.15. The Kier molecular flexibility index (Phi) is 3.29. The van der Waals surface area contributed by atoms with Crippen LogP contribution in [0, 0.1) is 0 Å². The largest absolute Gasteiger partial charge is 0.297 e. The number of thioether (sulfide) groups is 1. The number of aromatic nitrogens is 2. The lowest BCUT2D eigenvalue weighted by Gasteiger charge is -1.98. The molecule has 0 spiro atoms. The number of hydrogen-bond donors (Lipinski definition) is 0. The van der Waals surface area contributed by atoms with E-state index in [1.165, 1.54) is 25.7 Å². The molecule has 0 amide bonds. The number of pyridine rings is 1. The SMILES string of the molecule is CSc1sc2cc(-c3ccc[n+](C)c3)ccc2[n+]1C. The Bertz CT molecular complexity index is 747. The summed E-state index contributed by atoms with van der Waals surface area (Å²) in [4.78, 5) is 0. The van der Waals surface area contributed by atoms with Crippen LogP contribution in [0.3, 0.4) is 0 Å². The zero-order chi connectivity index (χ0) is 13.4. The molecule has 0 aliphatic heterocycles. The monoisotopic (exact) mass is 288 g/mol. The molecule has 19 heavy (non-hydrogen) atoms. The van der Waals surface area contributed by atoms with Gasteiger partial charge in [0.05, 0.1) is 0 Å². The first kappa shape index (κ1) is 12.6. The fourth-order valence-electron chi connectivity index (χ4n) is 2.25. The topological polar surface area (TPSA) is 7.76 Å². The second-order valence-corrected chi connectivity index (χ2v) is 6.66. The lowest BCUT2D eigenvalue weighted by molar-refractivity contribution is -0.676. The zero-order valence-corrected chi connectivity index (χ0v) is 12.9. The van der Waals surface area contributed by atoms with Crippen LogP contribution in [0.15, 0.2) is 47.1 Å².